The van der Waals surface area contributed by atoms with Crippen molar-refractivity contribution in [1.29, 1.82) is 5.26 Å². The van der Waals surface area contributed by atoms with Crippen LogP contribution in [0.5, 0.6) is 0 Å². The maximum atomic E-state index is 8.32. The predicted octanol–water partition coefficient (Wildman–Crippen LogP) is 1.41. The van der Waals surface area contributed by atoms with Crippen LogP contribution >= 0.6 is 0 Å². The minimum absolute atomic E-state index is 0.735. The van der Waals surface area contributed by atoms with Gasteiger partial charge in [-0.15, -0.1) is 0 Å². The number of nitriles is 1. The van der Waals surface area contributed by atoms with Gasteiger partial charge in [0.05, 0.1) is 6.07 Å². The standard InChI is InChI=1S/C9H14N2/c1-8(2)5-11-6-9(7-11)3-4-10/h3,8H,5-7H2,1-2H3. The Morgan fingerprint density at radius 1 is 1.64 bits per heavy atom. The zero-order valence-corrected chi connectivity index (χ0v) is 7.17. The Morgan fingerprint density at radius 3 is 2.73 bits per heavy atom. The molecule has 2 nitrogen and oxygen atoms in total. The highest BCUT2D eigenvalue weighted by Crippen LogP contribution is 2.14. The van der Waals surface area contributed by atoms with Crippen LogP contribution in [-0.4, -0.2) is 24.5 Å². The lowest BCUT2D eigenvalue weighted by Gasteiger charge is -2.34. The molecule has 0 spiro atoms. The number of likely N-dealkylation sites (tertiary alicyclic amines) is 1. The third kappa shape index (κ3) is 2.36. The van der Waals surface area contributed by atoms with Crippen LogP contribution in [0.2, 0.25) is 0 Å². The van der Waals surface area contributed by atoms with Crippen molar-refractivity contribution in [2.24, 2.45) is 5.92 Å². The van der Waals surface area contributed by atoms with Crippen LogP contribution < -0.4 is 0 Å². The summed E-state index contributed by atoms with van der Waals surface area (Å²) in [6.07, 6.45) is 1.66. The quantitative estimate of drug-likeness (QED) is 0.556. The van der Waals surface area contributed by atoms with E-state index in [1.165, 1.54) is 5.57 Å². The monoisotopic (exact) mass is 150 g/mol. The molecule has 1 aliphatic rings. The van der Waals surface area contributed by atoms with E-state index in [4.69, 9.17) is 5.26 Å². The van der Waals surface area contributed by atoms with Crippen molar-refractivity contribution in [3.63, 3.8) is 0 Å². The number of hydrogen-bond acceptors (Lipinski definition) is 2. The molecule has 0 bridgehead atoms. The van der Waals surface area contributed by atoms with Crippen molar-refractivity contribution < 1.29 is 0 Å². The van der Waals surface area contributed by atoms with Gasteiger partial charge in [-0.25, -0.2) is 0 Å². The molecular formula is C9H14N2. The molecule has 0 aliphatic carbocycles. The molecule has 0 unspecified atom stereocenters. The molecular weight excluding hydrogens is 136 g/mol. The van der Waals surface area contributed by atoms with Crippen molar-refractivity contribution in [3.05, 3.63) is 11.6 Å². The lowest BCUT2D eigenvalue weighted by atomic mass is 10.1. The Kier molecular flexibility index (Phi) is 2.67. The summed E-state index contributed by atoms with van der Waals surface area (Å²) < 4.78 is 0. The lowest BCUT2D eigenvalue weighted by molar-refractivity contribution is 0.222. The van der Waals surface area contributed by atoms with Gasteiger partial charge in [-0.1, -0.05) is 13.8 Å². The fourth-order valence-electron chi connectivity index (χ4n) is 1.36. The molecule has 0 saturated carbocycles. The van der Waals surface area contributed by atoms with Gasteiger partial charge < -0.3 is 0 Å². The SMILES string of the molecule is CC(C)CN1CC(=CC#N)C1. The molecule has 60 valence electrons. The normalized spacial score (nSPS) is 17.8. The van der Waals surface area contributed by atoms with Gasteiger partial charge in [-0.05, 0) is 11.5 Å². The molecule has 0 aromatic rings. The highest BCUT2D eigenvalue weighted by Gasteiger charge is 2.19. The minimum Gasteiger partial charge on any atom is -0.295 e. The van der Waals surface area contributed by atoms with Crippen molar-refractivity contribution in [3.8, 4) is 6.07 Å². The molecule has 1 rings (SSSR count). The number of rotatable bonds is 2. The van der Waals surface area contributed by atoms with Crippen molar-refractivity contribution in [1.82, 2.24) is 4.90 Å². The molecule has 1 aliphatic heterocycles. The Bertz CT molecular complexity index is 190. The highest BCUT2D eigenvalue weighted by molar-refractivity contribution is 5.22. The van der Waals surface area contributed by atoms with Gasteiger partial charge in [-0.2, -0.15) is 5.26 Å². The van der Waals surface area contributed by atoms with Crippen LogP contribution in [0.3, 0.4) is 0 Å². The molecule has 0 amide bonds. The first-order chi connectivity index (χ1) is 5.22. The molecule has 1 fully saturated rings. The molecule has 1 heterocycles. The summed E-state index contributed by atoms with van der Waals surface area (Å²) in [6.45, 7) is 7.60. The van der Waals surface area contributed by atoms with Crippen LogP contribution in [0, 0.1) is 17.2 Å². The molecule has 1 saturated heterocycles. The summed E-state index contributed by atoms with van der Waals surface area (Å²) >= 11 is 0. The van der Waals surface area contributed by atoms with Crippen LogP contribution in [-0.2, 0) is 0 Å². The van der Waals surface area contributed by atoms with Crippen LogP contribution in [0.25, 0.3) is 0 Å². The first kappa shape index (κ1) is 8.29. The largest absolute Gasteiger partial charge is 0.295 e. The first-order valence-electron chi connectivity index (χ1n) is 4.02. The van der Waals surface area contributed by atoms with Crippen LogP contribution in [0.15, 0.2) is 11.6 Å². The minimum atomic E-state index is 0.735. The average Bonchev–Trinajstić information content (AvgIpc) is 1.82. The Hall–Kier alpha value is -0.810. The third-order valence-electron chi connectivity index (χ3n) is 1.75. The lowest BCUT2D eigenvalue weighted by Crippen LogP contribution is -2.42. The second-order valence-electron chi connectivity index (χ2n) is 3.50. The molecule has 2 heteroatoms. The second-order valence-corrected chi connectivity index (χ2v) is 3.50. The van der Waals surface area contributed by atoms with Gasteiger partial charge in [0.15, 0.2) is 0 Å². The molecule has 0 atom stereocenters. The molecule has 0 aromatic carbocycles. The Morgan fingerprint density at radius 2 is 2.27 bits per heavy atom. The predicted molar refractivity (Wildman–Crippen MR) is 45.0 cm³/mol. The van der Waals surface area contributed by atoms with Crippen LogP contribution in [0.4, 0.5) is 0 Å². The van der Waals surface area contributed by atoms with E-state index >= 15 is 0 Å². The molecule has 0 aromatic heterocycles. The van der Waals surface area contributed by atoms with E-state index in [2.05, 4.69) is 24.8 Å². The fourth-order valence-corrected chi connectivity index (χ4v) is 1.36. The third-order valence-corrected chi connectivity index (χ3v) is 1.75. The van der Waals surface area contributed by atoms with Gasteiger partial charge in [0, 0.05) is 25.7 Å². The second kappa shape index (κ2) is 3.54. The van der Waals surface area contributed by atoms with Gasteiger partial charge in [0.25, 0.3) is 0 Å². The van der Waals surface area contributed by atoms with Gasteiger partial charge in [0.2, 0.25) is 0 Å². The van der Waals surface area contributed by atoms with Crippen molar-refractivity contribution in [2.75, 3.05) is 19.6 Å². The fraction of sp³-hybridized carbons (Fsp3) is 0.667. The van der Waals surface area contributed by atoms with E-state index in [-0.39, 0.29) is 0 Å². The zero-order valence-electron chi connectivity index (χ0n) is 7.17. The summed E-state index contributed by atoms with van der Waals surface area (Å²) in [4.78, 5) is 2.36. The van der Waals surface area contributed by atoms with E-state index < -0.39 is 0 Å². The maximum Gasteiger partial charge on any atom is 0.0912 e. The van der Waals surface area contributed by atoms with Crippen molar-refractivity contribution >= 4 is 0 Å². The maximum absolute atomic E-state index is 8.32. The van der Waals surface area contributed by atoms with Gasteiger partial charge in [-0.3, -0.25) is 4.90 Å². The van der Waals surface area contributed by atoms with E-state index in [1.807, 2.05) is 0 Å². The van der Waals surface area contributed by atoms with Gasteiger partial charge in [0.1, 0.15) is 0 Å². The summed E-state index contributed by atoms with van der Waals surface area (Å²) in [5.41, 5.74) is 1.27. The molecule has 0 radical (unpaired) electrons. The summed E-state index contributed by atoms with van der Waals surface area (Å²) in [6, 6.07) is 2.05. The van der Waals surface area contributed by atoms with Gasteiger partial charge >= 0.3 is 0 Å². The van der Waals surface area contributed by atoms with E-state index in [0.29, 0.717) is 0 Å². The smallest absolute Gasteiger partial charge is 0.0912 e. The highest BCUT2D eigenvalue weighted by atomic mass is 15.2. The molecule has 11 heavy (non-hydrogen) atoms. The topological polar surface area (TPSA) is 27.0 Å². The number of hydrogen-bond donors (Lipinski definition) is 0. The number of allylic oxidation sites excluding steroid dienone is 1. The van der Waals surface area contributed by atoms with E-state index in [9.17, 15) is 0 Å². The van der Waals surface area contributed by atoms with E-state index in [1.54, 1.807) is 6.08 Å². The average molecular weight is 150 g/mol. The molecule has 0 N–H and O–H groups in total. The Labute approximate surface area is 68.1 Å². The number of nitrogens with zero attached hydrogens (tertiary/aromatic N) is 2. The van der Waals surface area contributed by atoms with Crippen LogP contribution in [0.1, 0.15) is 13.8 Å². The summed E-state index contributed by atoms with van der Waals surface area (Å²) in [5, 5.41) is 8.32. The van der Waals surface area contributed by atoms with E-state index in [0.717, 1.165) is 25.6 Å². The zero-order chi connectivity index (χ0) is 8.27. The Balaban J connectivity index is 2.20. The van der Waals surface area contributed by atoms with Crippen molar-refractivity contribution in [2.45, 2.75) is 13.8 Å². The summed E-state index contributed by atoms with van der Waals surface area (Å²) in [7, 11) is 0. The summed E-state index contributed by atoms with van der Waals surface area (Å²) in [5.74, 6) is 0.735. The first-order valence-corrected chi connectivity index (χ1v) is 4.02.